The van der Waals surface area contributed by atoms with E-state index < -0.39 is 5.97 Å². The molecule has 0 fully saturated rings. The summed E-state index contributed by atoms with van der Waals surface area (Å²) in [5.74, 6) is 0.00816. The van der Waals surface area contributed by atoms with E-state index in [-0.39, 0.29) is 5.91 Å². The molecule has 1 heterocycles. The number of rotatable bonds is 6. The lowest BCUT2D eigenvalue weighted by atomic mass is 10.2. The first-order valence-corrected chi connectivity index (χ1v) is 6.62. The summed E-state index contributed by atoms with van der Waals surface area (Å²) in [5.41, 5.74) is 0.512. The van der Waals surface area contributed by atoms with Crippen LogP contribution < -0.4 is 5.32 Å². The smallest absolute Gasteiger partial charge is 0.350 e. The van der Waals surface area contributed by atoms with Crippen molar-refractivity contribution < 1.29 is 14.3 Å². The van der Waals surface area contributed by atoms with Gasteiger partial charge < -0.3 is 10.1 Å². The van der Waals surface area contributed by atoms with Crippen molar-refractivity contribution in [2.24, 2.45) is 0 Å². The second-order valence-corrected chi connectivity index (χ2v) is 4.64. The van der Waals surface area contributed by atoms with Crippen molar-refractivity contribution in [2.45, 2.75) is 19.3 Å². The predicted molar refractivity (Wildman–Crippen MR) is 68.9 cm³/mol. The van der Waals surface area contributed by atoms with Crippen molar-refractivity contribution in [3.05, 3.63) is 16.3 Å². The van der Waals surface area contributed by atoms with Gasteiger partial charge in [0, 0.05) is 12.3 Å². The molecule has 0 spiro atoms. The maximum atomic E-state index is 11.5. The fraction of sp³-hybridized carbons (Fsp3) is 0.455. The summed E-state index contributed by atoms with van der Waals surface area (Å²) < 4.78 is 4.62. The third-order valence-electron chi connectivity index (χ3n) is 2.10. The monoisotopic (exact) mass is 275 g/mol. The highest BCUT2D eigenvalue weighted by Gasteiger charge is 2.15. The fourth-order valence-corrected chi connectivity index (χ4v) is 2.21. The standard InChI is InChI=1S/C11H14ClNO3S/c1-16-11(15)10-8(5-7-17-10)13-9(14)4-2-3-6-12/h5,7H,2-4,6H2,1H3,(H,13,14). The number of hydrogen-bond acceptors (Lipinski definition) is 4. The normalized spacial score (nSPS) is 10.0. The van der Waals surface area contributed by atoms with Crippen LogP contribution in [0.2, 0.25) is 0 Å². The van der Waals surface area contributed by atoms with Crippen molar-refractivity contribution >= 4 is 40.5 Å². The van der Waals surface area contributed by atoms with Crippen molar-refractivity contribution in [3.8, 4) is 0 Å². The lowest BCUT2D eigenvalue weighted by molar-refractivity contribution is -0.116. The van der Waals surface area contributed by atoms with Crippen LogP contribution >= 0.6 is 22.9 Å². The topological polar surface area (TPSA) is 55.4 Å². The Morgan fingerprint density at radius 3 is 2.88 bits per heavy atom. The summed E-state index contributed by atoms with van der Waals surface area (Å²) in [5, 5.41) is 4.43. The number of carbonyl (C=O) groups is 2. The molecule has 1 N–H and O–H groups in total. The zero-order chi connectivity index (χ0) is 12.7. The van der Waals surface area contributed by atoms with Crippen LogP contribution in [0.5, 0.6) is 0 Å². The van der Waals surface area contributed by atoms with E-state index in [4.69, 9.17) is 11.6 Å². The van der Waals surface area contributed by atoms with Crippen LogP contribution in [0.25, 0.3) is 0 Å². The molecule has 1 amide bonds. The Morgan fingerprint density at radius 2 is 2.24 bits per heavy atom. The highest BCUT2D eigenvalue weighted by molar-refractivity contribution is 7.12. The van der Waals surface area contributed by atoms with E-state index in [0.29, 0.717) is 22.9 Å². The van der Waals surface area contributed by atoms with Gasteiger partial charge in [-0.15, -0.1) is 22.9 Å². The van der Waals surface area contributed by atoms with Crippen molar-refractivity contribution in [3.63, 3.8) is 0 Å². The number of carbonyl (C=O) groups excluding carboxylic acids is 2. The van der Waals surface area contributed by atoms with Crippen molar-refractivity contribution in [1.29, 1.82) is 0 Å². The van der Waals surface area contributed by atoms with Gasteiger partial charge in [0.05, 0.1) is 12.8 Å². The quantitative estimate of drug-likeness (QED) is 0.493. The van der Waals surface area contributed by atoms with E-state index in [9.17, 15) is 9.59 Å². The Hall–Kier alpha value is -1.07. The first-order valence-electron chi connectivity index (χ1n) is 5.20. The van der Waals surface area contributed by atoms with Crippen LogP contribution in [0.3, 0.4) is 0 Å². The molecule has 94 valence electrons. The maximum Gasteiger partial charge on any atom is 0.350 e. The van der Waals surface area contributed by atoms with Gasteiger partial charge in [0.2, 0.25) is 5.91 Å². The third-order valence-corrected chi connectivity index (χ3v) is 3.26. The number of unbranched alkanes of at least 4 members (excludes halogenated alkanes) is 1. The van der Waals surface area contributed by atoms with E-state index in [0.717, 1.165) is 12.8 Å². The first kappa shape index (κ1) is 14.0. The molecule has 0 aliphatic carbocycles. The van der Waals surface area contributed by atoms with E-state index in [1.165, 1.54) is 18.4 Å². The van der Waals surface area contributed by atoms with Gasteiger partial charge in [-0.1, -0.05) is 0 Å². The molecule has 0 unspecified atom stereocenters. The molecule has 4 nitrogen and oxygen atoms in total. The predicted octanol–water partition coefficient (Wildman–Crippen LogP) is 2.88. The van der Waals surface area contributed by atoms with Crippen LogP contribution in [0.1, 0.15) is 28.9 Å². The van der Waals surface area contributed by atoms with Crippen molar-refractivity contribution in [1.82, 2.24) is 0 Å². The van der Waals surface area contributed by atoms with E-state index in [1.807, 2.05) is 0 Å². The highest BCUT2D eigenvalue weighted by Crippen LogP contribution is 2.23. The van der Waals surface area contributed by atoms with Crippen LogP contribution in [0.4, 0.5) is 5.69 Å². The minimum Gasteiger partial charge on any atom is -0.465 e. The van der Waals surface area contributed by atoms with Crippen LogP contribution in [-0.4, -0.2) is 24.9 Å². The third kappa shape index (κ3) is 4.36. The SMILES string of the molecule is COC(=O)c1sccc1NC(=O)CCCCCl. The van der Waals surface area contributed by atoms with Crippen molar-refractivity contribution in [2.75, 3.05) is 18.3 Å². The van der Waals surface area contributed by atoms with Crippen LogP contribution in [0, 0.1) is 0 Å². The van der Waals surface area contributed by atoms with Gasteiger partial charge in [0.15, 0.2) is 0 Å². The van der Waals surface area contributed by atoms with E-state index in [2.05, 4.69) is 10.1 Å². The summed E-state index contributed by atoms with van der Waals surface area (Å²) in [6, 6.07) is 1.69. The molecular formula is C11H14ClNO3S. The molecule has 0 saturated heterocycles. The Labute approximate surface area is 109 Å². The number of esters is 1. The first-order chi connectivity index (χ1) is 8.19. The van der Waals surface area contributed by atoms with E-state index >= 15 is 0 Å². The second-order valence-electron chi connectivity index (χ2n) is 3.35. The number of thiophene rings is 1. The van der Waals surface area contributed by atoms with Gasteiger partial charge in [-0.2, -0.15) is 0 Å². The molecule has 0 saturated carbocycles. The number of ether oxygens (including phenoxy) is 1. The molecule has 6 heteroatoms. The minimum absolute atomic E-state index is 0.112. The molecule has 1 aromatic heterocycles. The molecule has 0 aromatic carbocycles. The molecule has 1 aromatic rings. The molecule has 0 aliphatic heterocycles. The number of amides is 1. The molecule has 1 rings (SSSR count). The Kier molecular flexibility index (Phi) is 6.00. The Morgan fingerprint density at radius 1 is 1.47 bits per heavy atom. The fourth-order valence-electron chi connectivity index (χ4n) is 1.25. The number of anilines is 1. The van der Waals surface area contributed by atoms with E-state index in [1.54, 1.807) is 11.4 Å². The maximum absolute atomic E-state index is 11.5. The van der Waals surface area contributed by atoms with Gasteiger partial charge in [0.1, 0.15) is 4.88 Å². The summed E-state index contributed by atoms with van der Waals surface area (Å²) in [6.07, 6.45) is 1.96. The van der Waals surface area contributed by atoms with Gasteiger partial charge in [-0.05, 0) is 24.3 Å². The highest BCUT2D eigenvalue weighted by atomic mass is 35.5. The molecular weight excluding hydrogens is 262 g/mol. The Bertz CT molecular complexity index is 392. The number of nitrogens with one attached hydrogen (secondary N) is 1. The lowest BCUT2D eigenvalue weighted by Crippen LogP contribution is -2.13. The minimum atomic E-state index is -0.434. The molecule has 0 aliphatic rings. The van der Waals surface area contributed by atoms with Gasteiger partial charge >= 0.3 is 5.97 Å². The molecule has 0 atom stereocenters. The summed E-state index contributed by atoms with van der Waals surface area (Å²) >= 11 is 6.76. The second kappa shape index (κ2) is 7.29. The largest absolute Gasteiger partial charge is 0.465 e. The molecule has 0 radical (unpaired) electrons. The molecule has 17 heavy (non-hydrogen) atoms. The summed E-state index contributed by atoms with van der Waals surface area (Å²) in [4.78, 5) is 23.3. The number of halogens is 1. The summed E-state index contributed by atoms with van der Waals surface area (Å²) in [7, 11) is 1.31. The number of hydrogen-bond donors (Lipinski definition) is 1. The Balaban J connectivity index is 2.53. The zero-order valence-electron chi connectivity index (χ0n) is 9.49. The number of methoxy groups -OCH3 is 1. The summed E-state index contributed by atoms with van der Waals surface area (Å²) in [6.45, 7) is 0. The average Bonchev–Trinajstić information content (AvgIpc) is 2.76. The number of alkyl halides is 1. The molecule has 0 bridgehead atoms. The lowest BCUT2D eigenvalue weighted by Gasteiger charge is -2.04. The van der Waals surface area contributed by atoms with Gasteiger partial charge in [-0.3, -0.25) is 4.79 Å². The zero-order valence-corrected chi connectivity index (χ0v) is 11.1. The van der Waals surface area contributed by atoms with Crippen LogP contribution in [-0.2, 0) is 9.53 Å². The van der Waals surface area contributed by atoms with Gasteiger partial charge in [-0.25, -0.2) is 4.79 Å². The van der Waals surface area contributed by atoms with Crippen LogP contribution in [0.15, 0.2) is 11.4 Å². The van der Waals surface area contributed by atoms with Gasteiger partial charge in [0.25, 0.3) is 0 Å². The average molecular weight is 276 g/mol.